The summed E-state index contributed by atoms with van der Waals surface area (Å²) in [5.74, 6) is 0.257. The van der Waals surface area contributed by atoms with Gasteiger partial charge in [0.2, 0.25) is 0 Å². The molecule has 1 aromatic carbocycles. The van der Waals surface area contributed by atoms with Gasteiger partial charge in [-0.2, -0.15) is 10.2 Å². The zero-order valence-corrected chi connectivity index (χ0v) is 16.1. The second kappa shape index (κ2) is 8.38. The Morgan fingerprint density at radius 3 is 2.69 bits per heavy atom. The van der Waals surface area contributed by atoms with Crippen LogP contribution in [0.1, 0.15) is 35.4 Å². The van der Waals surface area contributed by atoms with Crippen molar-refractivity contribution < 1.29 is 13.9 Å². The molecule has 3 aromatic rings. The normalized spacial score (nSPS) is 18.6. The fourth-order valence-corrected chi connectivity index (χ4v) is 3.62. The van der Waals surface area contributed by atoms with Gasteiger partial charge < -0.3 is 10.1 Å². The molecule has 1 saturated carbocycles. The number of benzene rings is 1. The largest absolute Gasteiger partial charge is 0.493 e. The van der Waals surface area contributed by atoms with Gasteiger partial charge in [0.25, 0.3) is 5.91 Å². The first-order valence-electron chi connectivity index (χ1n) is 9.64. The third-order valence-electron chi connectivity index (χ3n) is 5.12. The summed E-state index contributed by atoms with van der Waals surface area (Å²) in [4.78, 5) is 18.8. The van der Waals surface area contributed by atoms with E-state index in [0.717, 1.165) is 25.0 Å². The third kappa shape index (κ3) is 4.42. The van der Waals surface area contributed by atoms with E-state index in [2.05, 4.69) is 20.5 Å². The standard InChI is InChI=1S/C21H22FN5O2/c1-14-5-10-19(27-23-11-12-24-27)20(25-14)21(28)26-18-4-2-3-15(18)13-29-17-8-6-16(22)7-9-17/h5-12,15,18H,2-4,13H2,1H3,(H,26,28)/t15-,18+/m1/s1. The highest BCUT2D eigenvalue weighted by atomic mass is 19.1. The third-order valence-corrected chi connectivity index (χ3v) is 5.12. The van der Waals surface area contributed by atoms with Crippen LogP contribution in [0.5, 0.6) is 5.75 Å². The quantitative estimate of drug-likeness (QED) is 0.694. The van der Waals surface area contributed by atoms with Crippen LogP contribution in [-0.2, 0) is 0 Å². The number of halogens is 1. The molecule has 1 aliphatic rings. The van der Waals surface area contributed by atoms with Crippen molar-refractivity contribution >= 4 is 5.91 Å². The number of aryl methyl sites for hydroxylation is 1. The maximum Gasteiger partial charge on any atom is 0.272 e. The molecule has 4 rings (SSSR count). The first-order chi connectivity index (χ1) is 14.1. The van der Waals surface area contributed by atoms with Crippen LogP contribution in [0.4, 0.5) is 4.39 Å². The number of rotatable bonds is 6. The van der Waals surface area contributed by atoms with Crippen LogP contribution >= 0.6 is 0 Å². The molecular formula is C21H22FN5O2. The lowest BCUT2D eigenvalue weighted by molar-refractivity contribution is 0.0913. The molecule has 0 saturated heterocycles. The predicted molar refractivity (Wildman–Crippen MR) is 104 cm³/mol. The number of nitrogens with zero attached hydrogens (tertiary/aromatic N) is 4. The number of ether oxygens (including phenoxy) is 1. The molecule has 1 aliphatic carbocycles. The molecule has 2 aromatic heterocycles. The topological polar surface area (TPSA) is 81.9 Å². The Morgan fingerprint density at radius 2 is 1.93 bits per heavy atom. The highest BCUT2D eigenvalue weighted by molar-refractivity contribution is 5.96. The van der Waals surface area contributed by atoms with E-state index in [0.29, 0.717) is 23.7 Å². The van der Waals surface area contributed by atoms with Gasteiger partial charge in [0.15, 0.2) is 5.69 Å². The fraction of sp³-hybridized carbons (Fsp3) is 0.333. The minimum Gasteiger partial charge on any atom is -0.493 e. The summed E-state index contributed by atoms with van der Waals surface area (Å²) < 4.78 is 18.8. The highest BCUT2D eigenvalue weighted by Crippen LogP contribution is 2.27. The minimum atomic E-state index is -0.295. The van der Waals surface area contributed by atoms with Crippen molar-refractivity contribution in [3.05, 3.63) is 66.0 Å². The number of aromatic nitrogens is 4. The Hall–Kier alpha value is -3.29. The number of pyridine rings is 1. The number of carbonyl (C=O) groups excluding carboxylic acids is 1. The van der Waals surface area contributed by atoms with Crippen molar-refractivity contribution in [3.8, 4) is 11.4 Å². The van der Waals surface area contributed by atoms with Gasteiger partial charge in [-0.15, -0.1) is 4.80 Å². The van der Waals surface area contributed by atoms with Crippen molar-refractivity contribution in [1.29, 1.82) is 0 Å². The van der Waals surface area contributed by atoms with E-state index in [1.165, 1.54) is 16.9 Å². The molecule has 1 fully saturated rings. The monoisotopic (exact) mass is 395 g/mol. The molecule has 0 bridgehead atoms. The van der Waals surface area contributed by atoms with Gasteiger partial charge in [-0.05, 0) is 56.2 Å². The van der Waals surface area contributed by atoms with E-state index < -0.39 is 0 Å². The SMILES string of the molecule is Cc1ccc(-n2nccn2)c(C(=O)N[C@H]2CCC[C@@H]2COc2ccc(F)cc2)n1. The summed E-state index contributed by atoms with van der Waals surface area (Å²) >= 11 is 0. The van der Waals surface area contributed by atoms with Crippen LogP contribution in [-0.4, -0.2) is 38.5 Å². The molecule has 1 amide bonds. The summed E-state index contributed by atoms with van der Waals surface area (Å²) in [7, 11) is 0. The Balaban J connectivity index is 1.45. The molecule has 2 atom stereocenters. The number of nitrogens with one attached hydrogen (secondary N) is 1. The van der Waals surface area contributed by atoms with Crippen LogP contribution < -0.4 is 10.1 Å². The van der Waals surface area contributed by atoms with Gasteiger partial charge in [0.1, 0.15) is 17.3 Å². The Bertz CT molecular complexity index is 975. The molecule has 0 spiro atoms. The fourth-order valence-electron chi connectivity index (χ4n) is 3.62. The lowest BCUT2D eigenvalue weighted by Gasteiger charge is -2.21. The van der Waals surface area contributed by atoms with Gasteiger partial charge in [-0.3, -0.25) is 4.79 Å². The molecule has 150 valence electrons. The maximum absolute atomic E-state index is 13.0. The van der Waals surface area contributed by atoms with Crippen LogP contribution in [0.3, 0.4) is 0 Å². The smallest absolute Gasteiger partial charge is 0.272 e. The summed E-state index contributed by atoms with van der Waals surface area (Å²) in [5, 5.41) is 11.3. The van der Waals surface area contributed by atoms with Crippen molar-refractivity contribution in [3.63, 3.8) is 0 Å². The average molecular weight is 395 g/mol. The summed E-state index contributed by atoms with van der Waals surface area (Å²) in [6, 6.07) is 9.57. The number of amides is 1. The van der Waals surface area contributed by atoms with E-state index in [-0.39, 0.29) is 23.7 Å². The molecule has 29 heavy (non-hydrogen) atoms. The predicted octanol–water partition coefficient (Wildman–Crippen LogP) is 3.09. The van der Waals surface area contributed by atoms with Gasteiger partial charge in [-0.1, -0.05) is 6.42 Å². The first-order valence-corrected chi connectivity index (χ1v) is 9.64. The summed E-state index contributed by atoms with van der Waals surface area (Å²) in [6.45, 7) is 2.30. The van der Waals surface area contributed by atoms with Crippen LogP contribution in [0.25, 0.3) is 5.69 Å². The van der Waals surface area contributed by atoms with Gasteiger partial charge in [-0.25, -0.2) is 9.37 Å². The van der Waals surface area contributed by atoms with Crippen molar-refractivity contribution in [2.45, 2.75) is 32.2 Å². The van der Waals surface area contributed by atoms with Crippen LogP contribution in [0, 0.1) is 18.7 Å². The molecule has 0 radical (unpaired) electrons. The number of carbonyl (C=O) groups is 1. The maximum atomic E-state index is 13.0. The molecule has 0 aliphatic heterocycles. The van der Waals surface area contributed by atoms with Crippen LogP contribution in [0.15, 0.2) is 48.8 Å². The van der Waals surface area contributed by atoms with E-state index >= 15 is 0 Å². The van der Waals surface area contributed by atoms with Gasteiger partial charge in [0, 0.05) is 17.7 Å². The number of hydrogen-bond acceptors (Lipinski definition) is 5. The average Bonchev–Trinajstić information content (AvgIpc) is 3.40. The van der Waals surface area contributed by atoms with Crippen molar-refractivity contribution in [2.24, 2.45) is 5.92 Å². The van der Waals surface area contributed by atoms with Crippen molar-refractivity contribution in [2.75, 3.05) is 6.61 Å². The van der Waals surface area contributed by atoms with E-state index in [1.807, 2.05) is 13.0 Å². The summed E-state index contributed by atoms with van der Waals surface area (Å²) in [6.07, 6.45) is 5.96. The van der Waals surface area contributed by atoms with E-state index in [1.54, 1.807) is 30.6 Å². The lowest BCUT2D eigenvalue weighted by atomic mass is 10.0. The zero-order chi connectivity index (χ0) is 20.2. The Morgan fingerprint density at radius 1 is 1.17 bits per heavy atom. The van der Waals surface area contributed by atoms with E-state index in [9.17, 15) is 9.18 Å². The molecule has 0 unspecified atom stereocenters. The molecule has 7 nitrogen and oxygen atoms in total. The molecule has 2 heterocycles. The summed E-state index contributed by atoms with van der Waals surface area (Å²) in [5.41, 5.74) is 1.58. The van der Waals surface area contributed by atoms with Gasteiger partial charge >= 0.3 is 0 Å². The molecule has 1 N–H and O–H groups in total. The van der Waals surface area contributed by atoms with Gasteiger partial charge in [0.05, 0.1) is 19.0 Å². The molecular weight excluding hydrogens is 373 g/mol. The lowest BCUT2D eigenvalue weighted by Crippen LogP contribution is -2.40. The zero-order valence-electron chi connectivity index (χ0n) is 16.1. The first kappa shape index (κ1) is 19.0. The Kier molecular flexibility index (Phi) is 5.50. The number of hydrogen-bond donors (Lipinski definition) is 1. The molecule has 8 heteroatoms. The highest BCUT2D eigenvalue weighted by Gasteiger charge is 2.30. The minimum absolute atomic E-state index is 0.0105. The Labute approximate surface area is 167 Å². The van der Waals surface area contributed by atoms with E-state index in [4.69, 9.17) is 4.74 Å². The van der Waals surface area contributed by atoms with Crippen molar-refractivity contribution in [1.82, 2.24) is 25.3 Å². The van der Waals surface area contributed by atoms with Crippen LogP contribution in [0.2, 0.25) is 0 Å². The second-order valence-corrected chi connectivity index (χ2v) is 7.17. The second-order valence-electron chi connectivity index (χ2n) is 7.17.